The molecule has 148 valence electrons. The molecule has 1 fully saturated rings. The average Bonchev–Trinajstić information content (AvgIpc) is 3.06. The maximum Gasteiger partial charge on any atom is 0.261 e. The van der Waals surface area contributed by atoms with Crippen molar-refractivity contribution in [3.05, 3.63) is 34.9 Å². The lowest BCUT2D eigenvalue weighted by Gasteiger charge is -2.30. The van der Waals surface area contributed by atoms with Crippen LogP contribution in [0, 0.1) is 0 Å². The van der Waals surface area contributed by atoms with Gasteiger partial charge in [-0.15, -0.1) is 12.4 Å². The Morgan fingerprint density at radius 1 is 1.44 bits per heavy atom. The molecule has 1 aromatic heterocycles. The SMILES string of the molecule is COCCNc1noc(-c2ccc(Cl)cc2)c1C(=O)N1CCC[C@H](N)C1.Cl. The minimum atomic E-state index is -0.133. The maximum atomic E-state index is 13.2. The van der Waals surface area contributed by atoms with Crippen LogP contribution in [0.25, 0.3) is 11.3 Å². The van der Waals surface area contributed by atoms with Crippen LogP contribution in [-0.4, -0.2) is 55.4 Å². The van der Waals surface area contributed by atoms with Crippen LogP contribution < -0.4 is 11.1 Å². The number of benzene rings is 1. The predicted octanol–water partition coefficient (Wildman–Crippen LogP) is 3.04. The van der Waals surface area contributed by atoms with E-state index in [2.05, 4.69) is 10.5 Å². The number of carbonyl (C=O) groups is 1. The first-order chi connectivity index (χ1) is 12.6. The van der Waals surface area contributed by atoms with Crippen molar-refractivity contribution < 1.29 is 14.1 Å². The van der Waals surface area contributed by atoms with Gasteiger partial charge in [0.05, 0.1) is 6.61 Å². The third-order valence-corrected chi connectivity index (χ3v) is 4.61. The van der Waals surface area contributed by atoms with Gasteiger partial charge in [-0.05, 0) is 37.1 Å². The summed E-state index contributed by atoms with van der Waals surface area (Å²) in [6, 6.07) is 7.11. The van der Waals surface area contributed by atoms with E-state index in [9.17, 15) is 4.79 Å². The van der Waals surface area contributed by atoms with Crippen molar-refractivity contribution >= 4 is 35.7 Å². The Kier molecular flexibility index (Phi) is 7.91. The molecule has 0 radical (unpaired) electrons. The van der Waals surface area contributed by atoms with Crippen LogP contribution in [0.1, 0.15) is 23.2 Å². The number of hydrogen-bond donors (Lipinski definition) is 2. The van der Waals surface area contributed by atoms with E-state index in [4.69, 9.17) is 26.6 Å². The first-order valence-corrected chi connectivity index (χ1v) is 9.01. The van der Waals surface area contributed by atoms with Gasteiger partial charge in [0.25, 0.3) is 5.91 Å². The second-order valence-corrected chi connectivity index (χ2v) is 6.75. The van der Waals surface area contributed by atoms with E-state index in [0.29, 0.717) is 48.4 Å². The van der Waals surface area contributed by atoms with E-state index in [1.807, 2.05) is 0 Å². The lowest BCUT2D eigenvalue weighted by molar-refractivity contribution is 0.0710. The molecule has 1 atom stereocenters. The normalized spacial score (nSPS) is 16.7. The van der Waals surface area contributed by atoms with Gasteiger partial charge >= 0.3 is 0 Å². The molecule has 0 saturated carbocycles. The fourth-order valence-electron chi connectivity index (χ4n) is 3.03. The molecule has 1 aliphatic rings. The zero-order valence-corrected chi connectivity index (χ0v) is 16.7. The summed E-state index contributed by atoms with van der Waals surface area (Å²) >= 11 is 5.97. The average molecular weight is 415 g/mol. The van der Waals surface area contributed by atoms with Crippen LogP contribution in [0.4, 0.5) is 5.82 Å². The zero-order valence-electron chi connectivity index (χ0n) is 15.1. The van der Waals surface area contributed by atoms with Gasteiger partial charge in [0.15, 0.2) is 11.6 Å². The number of amides is 1. The highest BCUT2D eigenvalue weighted by atomic mass is 35.5. The van der Waals surface area contributed by atoms with Crippen molar-refractivity contribution in [2.75, 3.05) is 38.7 Å². The smallest absolute Gasteiger partial charge is 0.261 e. The third kappa shape index (κ3) is 5.13. The Hall–Kier alpha value is -1.80. The van der Waals surface area contributed by atoms with E-state index >= 15 is 0 Å². The van der Waals surface area contributed by atoms with Crippen LogP contribution in [0.15, 0.2) is 28.8 Å². The van der Waals surface area contributed by atoms with Gasteiger partial charge in [-0.25, -0.2) is 0 Å². The number of ether oxygens (including phenoxy) is 1. The number of hydrogen-bond acceptors (Lipinski definition) is 6. The maximum absolute atomic E-state index is 13.2. The number of nitrogens with one attached hydrogen (secondary N) is 1. The van der Waals surface area contributed by atoms with Crippen molar-refractivity contribution in [3.8, 4) is 11.3 Å². The molecular formula is C18H24Cl2N4O3. The minimum Gasteiger partial charge on any atom is -0.383 e. The predicted molar refractivity (Wildman–Crippen MR) is 108 cm³/mol. The number of rotatable bonds is 6. The van der Waals surface area contributed by atoms with Crippen molar-refractivity contribution in [2.24, 2.45) is 5.73 Å². The third-order valence-electron chi connectivity index (χ3n) is 4.36. The molecule has 1 saturated heterocycles. The van der Waals surface area contributed by atoms with Crippen LogP contribution in [0.3, 0.4) is 0 Å². The molecule has 0 spiro atoms. The molecule has 3 N–H and O–H groups in total. The first kappa shape index (κ1) is 21.5. The molecule has 2 aromatic rings. The van der Waals surface area contributed by atoms with Crippen molar-refractivity contribution in [1.82, 2.24) is 10.1 Å². The lowest BCUT2D eigenvalue weighted by atomic mass is 10.0. The van der Waals surface area contributed by atoms with E-state index in [1.165, 1.54) is 0 Å². The Bertz CT molecular complexity index is 752. The summed E-state index contributed by atoms with van der Waals surface area (Å²) in [5.41, 5.74) is 7.20. The molecule has 7 nitrogen and oxygen atoms in total. The summed E-state index contributed by atoms with van der Waals surface area (Å²) in [6.07, 6.45) is 1.82. The molecule has 1 amide bonds. The van der Waals surface area contributed by atoms with Gasteiger partial charge in [0.1, 0.15) is 5.56 Å². The van der Waals surface area contributed by atoms with Crippen molar-refractivity contribution in [3.63, 3.8) is 0 Å². The molecule has 0 aliphatic carbocycles. The molecule has 0 bridgehead atoms. The lowest BCUT2D eigenvalue weighted by Crippen LogP contribution is -2.45. The summed E-state index contributed by atoms with van der Waals surface area (Å²) in [7, 11) is 1.62. The number of nitrogens with two attached hydrogens (primary N) is 1. The Balaban J connectivity index is 0.00000261. The number of carbonyl (C=O) groups excluding carboxylic acids is 1. The summed E-state index contributed by atoms with van der Waals surface area (Å²) < 4.78 is 10.6. The Labute approximate surface area is 169 Å². The van der Waals surface area contributed by atoms with Gasteiger partial charge in [-0.2, -0.15) is 0 Å². The molecule has 1 aliphatic heterocycles. The highest BCUT2D eigenvalue weighted by Crippen LogP contribution is 2.31. The van der Waals surface area contributed by atoms with E-state index in [0.717, 1.165) is 18.4 Å². The molecular weight excluding hydrogens is 391 g/mol. The van der Waals surface area contributed by atoms with Crippen molar-refractivity contribution in [1.29, 1.82) is 0 Å². The summed E-state index contributed by atoms with van der Waals surface area (Å²) in [5.74, 6) is 0.702. The van der Waals surface area contributed by atoms with Gasteiger partial charge in [-0.3, -0.25) is 4.79 Å². The number of nitrogens with zero attached hydrogens (tertiary/aromatic N) is 2. The number of halogens is 2. The number of anilines is 1. The molecule has 0 unspecified atom stereocenters. The first-order valence-electron chi connectivity index (χ1n) is 8.63. The fraction of sp³-hybridized carbons (Fsp3) is 0.444. The highest BCUT2D eigenvalue weighted by Gasteiger charge is 2.30. The van der Waals surface area contributed by atoms with Gasteiger partial charge < -0.3 is 25.2 Å². The Morgan fingerprint density at radius 2 is 2.19 bits per heavy atom. The fourth-order valence-corrected chi connectivity index (χ4v) is 3.16. The number of piperidine rings is 1. The Morgan fingerprint density at radius 3 is 2.85 bits per heavy atom. The van der Waals surface area contributed by atoms with Crippen LogP contribution >= 0.6 is 24.0 Å². The number of methoxy groups -OCH3 is 1. The van der Waals surface area contributed by atoms with Gasteiger partial charge in [0.2, 0.25) is 0 Å². The monoisotopic (exact) mass is 414 g/mol. The summed E-state index contributed by atoms with van der Waals surface area (Å²) in [4.78, 5) is 15.0. The zero-order chi connectivity index (χ0) is 18.5. The van der Waals surface area contributed by atoms with E-state index in [1.54, 1.807) is 36.3 Å². The van der Waals surface area contributed by atoms with Crippen LogP contribution in [0.5, 0.6) is 0 Å². The number of likely N-dealkylation sites (tertiary alicyclic amines) is 1. The molecule has 3 rings (SSSR count). The van der Waals surface area contributed by atoms with E-state index in [-0.39, 0.29) is 24.4 Å². The van der Waals surface area contributed by atoms with Crippen LogP contribution in [0.2, 0.25) is 5.02 Å². The molecule has 27 heavy (non-hydrogen) atoms. The standard InChI is InChI=1S/C18H23ClN4O3.ClH/c1-25-10-8-21-17-15(18(24)23-9-2-3-14(20)11-23)16(26-22-17)12-4-6-13(19)7-5-12;/h4-7,14H,2-3,8-11,20H2,1H3,(H,21,22);1H/t14-;/m0./s1. The van der Waals surface area contributed by atoms with Gasteiger partial charge in [0, 0.05) is 43.4 Å². The second-order valence-electron chi connectivity index (χ2n) is 6.32. The van der Waals surface area contributed by atoms with Gasteiger partial charge in [-0.1, -0.05) is 16.8 Å². The largest absolute Gasteiger partial charge is 0.383 e. The van der Waals surface area contributed by atoms with Crippen LogP contribution in [-0.2, 0) is 4.74 Å². The van der Waals surface area contributed by atoms with Crippen molar-refractivity contribution in [2.45, 2.75) is 18.9 Å². The van der Waals surface area contributed by atoms with E-state index < -0.39 is 0 Å². The highest BCUT2D eigenvalue weighted by molar-refractivity contribution is 6.30. The summed E-state index contributed by atoms with van der Waals surface area (Å²) in [6.45, 7) is 2.21. The topological polar surface area (TPSA) is 93.6 Å². The summed E-state index contributed by atoms with van der Waals surface area (Å²) in [5, 5.41) is 7.79. The molecule has 1 aromatic carbocycles. The number of aromatic nitrogens is 1. The molecule has 9 heteroatoms. The quantitative estimate of drug-likeness (QED) is 0.705. The minimum absolute atomic E-state index is 0. The second kappa shape index (κ2) is 9.94. The molecule has 2 heterocycles.